The predicted octanol–water partition coefficient (Wildman–Crippen LogP) is 5.41. The van der Waals surface area contributed by atoms with Crippen LogP contribution in [0.1, 0.15) is 27.0 Å². The Bertz CT molecular complexity index is 1190. The van der Waals surface area contributed by atoms with Crippen LogP contribution in [-0.4, -0.2) is 32.7 Å². The molecule has 0 radical (unpaired) electrons. The van der Waals surface area contributed by atoms with Gasteiger partial charge in [0, 0.05) is 6.54 Å². The van der Waals surface area contributed by atoms with Crippen LogP contribution in [0.2, 0.25) is 0 Å². The minimum Gasteiger partial charge on any atom is -0.489 e. The lowest BCUT2D eigenvalue weighted by Gasteiger charge is -2.14. The summed E-state index contributed by atoms with van der Waals surface area (Å²) in [5.74, 6) is -0.331. The Kier molecular flexibility index (Phi) is 7.22. The molecule has 0 atom stereocenters. The van der Waals surface area contributed by atoms with Crippen molar-refractivity contribution >= 4 is 46.3 Å². The minimum absolute atomic E-state index is 0.0638. The smallest absolute Gasteiger partial charge is 0.335 e. The van der Waals surface area contributed by atoms with E-state index in [9.17, 15) is 9.59 Å². The number of nitrogens with zero attached hydrogens (tertiary/aromatic N) is 1. The van der Waals surface area contributed by atoms with Crippen molar-refractivity contribution in [3.8, 4) is 5.75 Å². The number of amides is 1. The van der Waals surface area contributed by atoms with E-state index in [1.807, 2.05) is 60.7 Å². The molecule has 3 aromatic rings. The topological polar surface area (TPSA) is 66.8 Å². The average Bonchev–Trinajstić information content (AvgIpc) is 3.10. The summed E-state index contributed by atoms with van der Waals surface area (Å²) in [6.07, 6.45) is 2.60. The number of aromatic carboxylic acids is 1. The molecule has 1 amide bonds. The maximum atomic E-state index is 12.8. The first-order chi connectivity index (χ1) is 16.0. The summed E-state index contributed by atoms with van der Waals surface area (Å²) in [6.45, 7) is 0.894. The molecule has 1 N–H and O–H groups in total. The number of benzene rings is 3. The number of thiocarbonyl (C=S) groups is 1. The monoisotopic (exact) mass is 475 g/mol. The molecule has 1 aliphatic heterocycles. The zero-order valence-electron chi connectivity index (χ0n) is 17.6. The third kappa shape index (κ3) is 5.88. The van der Waals surface area contributed by atoms with Crippen molar-refractivity contribution in [1.82, 2.24) is 4.90 Å². The molecule has 0 saturated carbocycles. The number of hydrogen-bond acceptors (Lipinski definition) is 5. The highest BCUT2D eigenvalue weighted by Gasteiger charge is 2.31. The zero-order chi connectivity index (χ0) is 23.2. The molecule has 0 aliphatic carbocycles. The van der Waals surface area contributed by atoms with E-state index >= 15 is 0 Å². The highest BCUT2D eigenvalue weighted by atomic mass is 32.2. The van der Waals surface area contributed by atoms with E-state index < -0.39 is 5.97 Å². The quantitative estimate of drug-likeness (QED) is 0.347. The van der Waals surface area contributed by atoms with Gasteiger partial charge in [0.15, 0.2) is 0 Å². The van der Waals surface area contributed by atoms with E-state index in [-0.39, 0.29) is 11.5 Å². The molecule has 1 heterocycles. The molecule has 0 bridgehead atoms. The van der Waals surface area contributed by atoms with E-state index in [0.717, 1.165) is 17.5 Å². The van der Waals surface area contributed by atoms with Gasteiger partial charge in [0.25, 0.3) is 5.91 Å². The number of hydrogen-bond donors (Lipinski definition) is 1. The number of ether oxygens (including phenoxy) is 1. The Morgan fingerprint density at radius 1 is 0.970 bits per heavy atom. The number of rotatable bonds is 8. The lowest BCUT2D eigenvalue weighted by atomic mass is 10.1. The van der Waals surface area contributed by atoms with Gasteiger partial charge in [-0.3, -0.25) is 9.69 Å². The summed E-state index contributed by atoms with van der Waals surface area (Å²) in [5.41, 5.74) is 3.18. The van der Waals surface area contributed by atoms with Crippen molar-refractivity contribution in [1.29, 1.82) is 0 Å². The van der Waals surface area contributed by atoms with Crippen LogP contribution in [0, 0.1) is 0 Å². The fourth-order valence-corrected chi connectivity index (χ4v) is 4.61. The van der Waals surface area contributed by atoms with Gasteiger partial charge in [-0.1, -0.05) is 78.6 Å². The molecule has 3 aromatic carbocycles. The van der Waals surface area contributed by atoms with E-state index in [1.165, 1.54) is 17.3 Å². The predicted molar refractivity (Wildman–Crippen MR) is 134 cm³/mol. The van der Waals surface area contributed by atoms with E-state index in [1.54, 1.807) is 29.2 Å². The lowest BCUT2D eigenvalue weighted by molar-refractivity contribution is -0.122. The summed E-state index contributed by atoms with van der Waals surface area (Å²) in [7, 11) is 0. The van der Waals surface area contributed by atoms with Crippen molar-refractivity contribution < 1.29 is 19.4 Å². The van der Waals surface area contributed by atoms with Gasteiger partial charge in [-0.2, -0.15) is 0 Å². The van der Waals surface area contributed by atoms with Crippen LogP contribution in [-0.2, 0) is 17.8 Å². The van der Waals surface area contributed by atoms with Gasteiger partial charge in [-0.15, -0.1) is 0 Å². The maximum absolute atomic E-state index is 12.8. The number of carbonyl (C=O) groups is 2. The van der Waals surface area contributed by atoms with Crippen LogP contribution >= 0.6 is 24.0 Å². The highest BCUT2D eigenvalue weighted by Crippen LogP contribution is 2.33. The summed E-state index contributed by atoms with van der Waals surface area (Å²) < 4.78 is 6.36. The molecule has 33 heavy (non-hydrogen) atoms. The molecule has 1 saturated heterocycles. The standard InChI is InChI=1S/C26H21NO4S2/c28-24-23(33-26(32)27(24)15-14-18-4-2-1-3-5-18)16-19-8-12-22(13-9-19)31-17-20-6-10-21(11-7-20)25(29)30/h1-13,16H,14-15,17H2,(H,29,30). The van der Waals surface area contributed by atoms with Gasteiger partial charge in [0.05, 0.1) is 10.5 Å². The van der Waals surface area contributed by atoms with Gasteiger partial charge in [0.1, 0.15) is 16.7 Å². The van der Waals surface area contributed by atoms with Gasteiger partial charge in [0.2, 0.25) is 0 Å². The van der Waals surface area contributed by atoms with Crippen molar-refractivity contribution in [3.05, 3.63) is 106 Å². The van der Waals surface area contributed by atoms with Crippen LogP contribution < -0.4 is 4.74 Å². The van der Waals surface area contributed by atoms with Gasteiger partial charge >= 0.3 is 5.97 Å². The van der Waals surface area contributed by atoms with E-state index in [0.29, 0.717) is 28.1 Å². The average molecular weight is 476 g/mol. The van der Waals surface area contributed by atoms with Crippen LogP contribution in [0.15, 0.2) is 83.8 Å². The Hall–Kier alpha value is -3.42. The van der Waals surface area contributed by atoms with Crippen LogP contribution in [0.4, 0.5) is 0 Å². The van der Waals surface area contributed by atoms with Crippen molar-refractivity contribution in [3.63, 3.8) is 0 Å². The first-order valence-electron chi connectivity index (χ1n) is 10.3. The number of carbonyl (C=O) groups excluding carboxylic acids is 1. The Morgan fingerprint density at radius 2 is 1.67 bits per heavy atom. The minimum atomic E-state index is -0.953. The summed E-state index contributed by atoms with van der Waals surface area (Å²) >= 11 is 6.75. The number of carboxylic acid groups (broad SMARTS) is 1. The van der Waals surface area contributed by atoms with Gasteiger partial charge in [-0.05, 0) is 53.5 Å². The first kappa shape index (κ1) is 22.8. The molecule has 1 fully saturated rings. The molecular weight excluding hydrogens is 454 g/mol. The van der Waals surface area contributed by atoms with E-state index in [2.05, 4.69) is 0 Å². The summed E-state index contributed by atoms with van der Waals surface area (Å²) in [5, 5.41) is 8.96. The molecule has 1 aliphatic rings. The Morgan fingerprint density at radius 3 is 2.33 bits per heavy atom. The van der Waals surface area contributed by atoms with E-state index in [4.69, 9.17) is 22.1 Å². The second-order valence-electron chi connectivity index (χ2n) is 7.43. The lowest BCUT2D eigenvalue weighted by Crippen LogP contribution is -2.30. The maximum Gasteiger partial charge on any atom is 0.335 e. The van der Waals surface area contributed by atoms with Crippen LogP contribution in [0.25, 0.3) is 6.08 Å². The van der Waals surface area contributed by atoms with Crippen LogP contribution in [0.3, 0.4) is 0 Å². The molecule has 0 aromatic heterocycles. The van der Waals surface area contributed by atoms with Crippen molar-refractivity contribution in [2.24, 2.45) is 0 Å². The van der Waals surface area contributed by atoms with Crippen molar-refractivity contribution in [2.45, 2.75) is 13.0 Å². The third-order valence-corrected chi connectivity index (χ3v) is 6.50. The fraction of sp³-hybridized carbons (Fsp3) is 0.115. The molecule has 0 spiro atoms. The third-order valence-electron chi connectivity index (χ3n) is 5.12. The molecule has 4 rings (SSSR count). The largest absolute Gasteiger partial charge is 0.489 e. The van der Waals surface area contributed by atoms with Crippen LogP contribution in [0.5, 0.6) is 5.75 Å². The molecular formula is C26H21NO4S2. The number of thioether (sulfide) groups is 1. The summed E-state index contributed by atoms with van der Waals surface area (Å²) in [6, 6.07) is 24.1. The van der Waals surface area contributed by atoms with Crippen molar-refractivity contribution in [2.75, 3.05) is 6.54 Å². The fourth-order valence-electron chi connectivity index (χ4n) is 3.30. The molecule has 0 unspecified atom stereocenters. The normalized spacial score (nSPS) is 14.7. The van der Waals surface area contributed by atoms with Gasteiger partial charge < -0.3 is 9.84 Å². The zero-order valence-corrected chi connectivity index (χ0v) is 19.3. The Balaban J connectivity index is 1.34. The molecule has 166 valence electrons. The van der Waals surface area contributed by atoms with Gasteiger partial charge in [-0.25, -0.2) is 4.79 Å². The second kappa shape index (κ2) is 10.5. The molecule has 5 nitrogen and oxygen atoms in total. The Labute approximate surface area is 201 Å². The first-order valence-corrected chi connectivity index (χ1v) is 11.6. The second-order valence-corrected chi connectivity index (χ2v) is 9.10. The SMILES string of the molecule is O=C(O)c1ccc(COc2ccc(C=C3SC(=S)N(CCc4ccccc4)C3=O)cc2)cc1. The molecule has 7 heteroatoms. The number of carboxylic acids is 1. The summed E-state index contributed by atoms with van der Waals surface area (Å²) in [4.78, 5) is 26.0. The highest BCUT2D eigenvalue weighted by molar-refractivity contribution is 8.26.